The molecular formula is C24H18Cl2N2O2. The first-order valence-electron chi connectivity index (χ1n) is 9.08. The van der Waals surface area contributed by atoms with Crippen molar-refractivity contribution < 1.29 is 9.53 Å². The van der Waals surface area contributed by atoms with E-state index in [4.69, 9.17) is 38.9 Å². The first kappa shape index (κ1) is 21.4. The number of rotatable bonds is 6. The number of amides is 1. The normalized spacial score (nSPS) is 11.1. The Morgan fingerprint density at radius 1 is 1.10 bits per heavy atom. The second-order valence-corrected chi connectivity index (χ2v) is 7.41. The number of benzene rings is 3. The summed E-state index contributed by atoms with van der Waals surface area (Å²) in [5.74, 6) is -0.489. The highest BCUT2D eigenvalue weighted by Gasteiger charge is 2.13. The smallest absolute Gasteiger partial charge is 0.259 e. The number of carbonyl (C=O) groups excluding carboxylic acids is 1. The minimum absolute atomic E-state index is 0.191. The average molecular weight is 437 g/mol. The zero-order chi connectivity index (χ0) is 21.7. The fourth-order valence-electron chi connectivity index (χ4n) is 3.05. The molecule has 2 N–H and O–H groups in total. The molecule has 0 atom stereocenters. The van der Waals surface area contributed by atoms with Crippen LogP contribution in [-0.2, 0) is 11.4 Å². The molecule has 0 spiro atoms. The Morgan fingerprint density at radius 3 is 2.37 bits per heavy atom. The van der Waals surface area contributed by atoms with Gasteiger partial charge in [-0.05, 0) is 52.9 Å². The quantitative estimate of drug-likeness (QED) is 0.383. The number of nitrogens with zero attached hydrogens (tertiary/aromatic N) is 1. The number of primary amides is 1. The predicted octanol–water partition coefficient (Wildman–Crippen LogP) is 5.94. The van der Waals surface area contributed by atoms with E-state index in [1.165, 1.54) is 6.08 Å². The molecule has 1 amide bonds. The molecule has 0 saturated carbocycles. The lowest BCUT2D eigenvalue weighted by Gasteiger charge is -2.15. The summed E-state index contributed by atoms with van der Waals surface area (Å²) in [5, 5.41) is 9.52. The molecule has 0 aliphatic carbocycles. The zero-order valence-electron chi connectivity index (χ0n) is 16.2. The molecule has 4 nitrogen and oxygen atoms in total. The van der Waals surface area contributed by atoms with E-state index in [1.807, 2.05) is 37.3 Å². The molecule has 0 heterocycles. The van der Waals surface area contributed by atoms with Gasteiger partial charge < -0.3 is 10.5 Å². The van der Waals surface area contributed by atoms with E-state index in [0.29, 0.717) is 11.3 Å². The van der Waals surface area contributed by atoms with Gasteiger partial charge in [-0.15, -0.1) is 0 Å². The van der Waals surface area contributed by atoms with Gasteiger partial charge in [-0.2, -0.15) is 5.26 Å². The van der Waals surface area contributed by atoms with Crippen molar-refractivity contribution in [3.05, 3.63) is 93.0 Å². The van der Waals surface area contributed by atoms with E-state index in [9.17, 15) is 4.79 Å². The summed E-state index contributed by atoms with van der Waals surface area (Å²) in [6.45, 7) is 2.33. The monoisotopic (exact) mass is 436 g/mol. The largest absolute Gasteiger partial charge is 0.486 e. The Bertz CT molecular complexity index is 1140. The van der Waals surface area contributed by atoms with Crippen LogP contribution in [0.4, 0.5) is 0 Å². The fraction of sp³-hybridized carbons (Fsp3) is 0.0833. The summed E-state index contributed by atoms with van der Waals surface area (Å²) in [5.41, 5.74) is 9.83. The SMILES string of the molecule is Cc1c(COc2c(Cl)cc(C=C(C#N)C(N)=O)cc2Cl)cccc1-c1ccccc1. The molecule has 0 bridgehead atoms. The van der Waals surface area contributed by atoms with Gasteiger partial charge in [0.2, 0.25) is 0 Å². The van der Waals surface area contributed by atoms with Crippen LogP contribution in [0.25, 0.3) is 17.2 Å². The van der Waals surface area contributed by atoms with Gasteiger partial charge in [-0.3, -0.25) is 4.79 Å². The highest BCUT2D eigenvalue weighted by Crippen LogP contribution is 2.36. The van der Waals surface area contributed by atoms with Crippen LogP contribution in [0.3, 0.4) is 0 Å². The van der Waals surface area contributed by atoms with Gasteiger partial charge >= 0.3 is 0 Å². The van der Waals surface area contributed by atoms with Crippen molar-refractivity contribution in [1.82, 2.24) is 0 Å². The van der Waals surface area contributed by atoms with Crippen molar-refractivity contribution in [2.24, 2.45) is 5.73 Å². The topological polar surface area (TPSA) is 76.1 Å². The summed E-state index contributed by atoms with van der Waals surface area (Å²) >= 11 is 12.7. The molecule has 0 fully saturated rings. The van der Waals surface area contributed by atoms with Crippen LogP contribution < -0.4 is 10.5 Å². The Kier molecular flexibility index (Phi) is 6.79. The summed E-state index contributed by atoms with van der Waals surface area (Å²) in [6, 6.07) is 21.0. The molecule has 3 aromatic rings. The number of hydrogen-bond donors (Lipinski definition) is 1. The number of ether oxygens (including phenoxy) is 1. The van der Waals surface area contributed by atoms with E-state index in [1.54, 1.807) is 18.2 Å². The minimum atomic E-state index is -0.821. The maximum atomic E-state index is 11.2. The molecule has 3 rings (SSSR count). The molecule has 3 aromatic carbocycles. The van der Waals surface area contributed by atoms with Crippen molar-refractivity contribution in [3.63, 3.8) is 0 Å². The third-order valence-corrected chi connectivity index (χ3v) is 5.18. The van der Waals surface area contributed by atoms with Crippen molar-refractivity contribution in [2.45, 2.75) is 13.5 Å². The van der Waals surface area contributed by atoms with Crippen molar-refractivity contribution in [2.75, 3.05) is 0 Å². The molecule has 0 unspecified atom stereocenters. The second kappa shape index (κ2) is 9.49. The third-order valence-electron chi connectivity index (χ3n) is 4.62. The fourth-order valence-corrected chi connectivity index (χ4v) is 3.66. The lowest BCUT2D eigenvalue weighted by atomic mass is 9.97. The van der Waals surface area contributed by atoms with Crippen molar-refractivity contribution >= 4 is 35.2 Å². The number of nitriles is 1. The Morgan fingerprint density at radius 2 is 1.77 bits per heavy atom. The van der Waals surface area contributed by atoms with Gasteiger partial charge in [-0.25, -0.2) is 0 Å². The summed E-state index contributed by atoms with van der Waals surface area (Å²) in [4.78, 5) is 11.2. The van der Waals surface area contributed by atoms with Gasteiger partial charge in [0.25, 0.3) is 5.91 Å². The molecule has 0 aromatic heterocycles. The lowest BCUT2D eigenvalue weighted by molar-refractivity contribution is -0.114. The van der Waals surface area contributed by atoms with Crippen LogP contribution in [0.2, 0.25) is 10.0 Å². The minimum Gasteiger partial charge on any atom is -0.486 e. The molecular weight excluding hydrogens is 419 g/mol. The van der Waals surface area contributed by atoms with Gasteiger partial charge in [0.05, 0.1) is 10.0 Å². The van der Waals surface area contributed by atoms with Crippen LogP contribution in [-0.4, -0.2) is 5.91 Å². The first-order chi connectivity index (χ1) is 14.4. The molecule has 0 aliphatic heterocycles. The molecule has 0 radical (unpaired) electrons. The molecule has 6 heteroatoms. The van der Waals surface area contributed by atoms with Crippen LogP contribution in [0.5, 0.6) is 5.75 Å². The van der Waals surface area contributed by atoms with Crippen LogP contribution in [0.1, 0.15) is 16.7 Å². The maximum absolute atomic E-state index is 11.2. The Labute approximate surface area is 185 Å². The number of nitrogens with two attached hydrogens (primary N) is 1. The number of carbonyl (C=O) groups is 1. The van der Waals surface area contributed by atoms with Crippen molar-refractivity contribution in [3.8, 4) is 22.9 Å². The van der Waals surface area contributed by atoms with Gasteiger partial charge in [0.1, 0.15) is 18.2 Å². The van der Waals surface area contributed by atoms with E-state index < -0.39 is 5.91 Å². The average Bonchev–Trinajstić information content (AvgIpc) is 2.73. The third kappa shape index (κ3) is 4.83. The molecule has 150 valence electrons. The van der Waals surface area contributed by atoms with E-state index in [-0.39, 0.29) is 22.2 Å². The van der Waals surface area contributed by atoms with Crippen molar-refractivity contribution in [1.29, 1.82) is 5.26 Å². The highest BCUT2D eigenvalue weighted by molar-refractivity contribution is 6.37. The van der Waals surface area contributed by atoms with E-state index in [2.05, 4.69) is 18.2 Å². The summed E-state index contributed by atoms with van der Waals surface area (Å²) in [7, 11) is 0. The van der Waals surface area contributed by atoms with Gasteiger partial charge in [0, 0.05) is 0 Å². The number of hydrogen-bond acceptors (Lipinski definition) is 3. The van der Waals surface area contributed by atoms with Gasteiger partial charge in [0.15, 0.2) is 5.75 Å². The number of halogens is 2. The van der Waals surface area contributed by atoms with Gasteiger partial charge in [-0.1, -0.05) is 71.7 Å². The Balaban J connectivity index is 1.85. The molecule has 30 heavy (non-hydrogen) atoms. The van der Waals surface area contributed by atoms with Crippen LogP contribution in [0, 0.1) is 18.3 Å². The van der Waals surface area contributed by atoms with E-state index in [0.717, 1.165) is 22.3 Å². The Hall–Kier alpha value is -3.26. The maximum Gasteiger partial charge on any atom is 0.259 e. The summed E-state index contributed by atoms with van der Waals surface area (Å²) < 4.78 is 5.92. The van der Waals surface area contributed by atoms with E-state index >= 15 is 0 Å². The van der Waals surface area contributed by atoms with Crippen LogP contribution in [0.15, 0.2) is 66.2 Å². The van der Waals surface area contributed by atoms with Crippen LogP contribution >= 0.6 is 23.2 Å². The molecule has 0 saturated heterocycles. The molecule has 0 aliphatic rings. The lowest BCUT2D eigenvalue weighted by Crippen LogP contribution is -2.12. The zero-order valence-corrected chi connectivity index (χ0v) is 17.7. The summed E-state index contributed by atoms with van der Waals surface area (Å²) in [6.07, 6.45) is 1.33. The second-order valence-electron chi connectivity index (χ2n) is 6.59. The first-order valence-corrected chi connectivity index (χ1v) is 9.83. The standard InChI is InChI=1S/C24H18Cl2N2O2/c1-15-18(8-5-9-20(15)17-6-3-2-4-7-17)14-30-23-21(25)11-16(12-22(23)26)10-19(13-27)24(28)29/h2-12H,14H2,1H3,(H2,28,29). The predicted molar refractivity (Wildman–Crippen MR) is 120 cm³/mol. The highest BCUT2D eigenvalue weighted by atomic mass is 35.5.